The topological polar surface area (TPSA) is 39.7 Å². The van der Waals surface area contributed by atoms with Crippen LogP contribution in [0.3, 0.4) is 0 Å². The molecule has 0 aliphatic carbocycles. The van der Waals surface area contributed by atoms with Crippen molar-refractivity contribution in [2.24, 2.45) is 0 Å². The Morgan fingerprint density at radius 1 is 1.25 bits per heavy atom. The van der Waals surface area contributed by atoms with E-state index in [0.717, 1.165) is 23.6 Å². The van der Waals surface area contributed by atoms with Gasteiger partial charge in [-0.25, -0.2) is 0 Å². The van der Waals surface area contributed by atoms with Gasteiger partial charge in [0.15, 0.2) is 11.5 Å². The lowest BCUT2D eigenvalue weighted by Gasteiger charge is -2.14. The largest absolute Gasteiger partial charge is 0.493 e. The highest BCUT2D eigenvalue weighted by molar-refractivity contribution is 5.43. The van der Waals surface area contributed by atoms with E-state index in [0.29, 0.717) is 0 Å². The molecule has 2 atom stereocenters. The Bertz CT molecular complexity index is 367. The normalized spacial score (nSPS) is 24.4. The maximum Gasteiger partial charge on any atom is 0.161 e. The highest BCUT2D eigenvalue weighted by atomic mass is 16.5. The van der Waals surface area contributed by atoms with E-state index in [1.807, 2.05) is 25.1 Å². The molecule has 0 bridgehead atoms. The minimum absolute atomic E-state index is 0.0465. The zero-order valence-electron chi connectivity index (χ0n) is 9.82. The second-order valence-corrected chi connectivity index (χ2v) is 3.85. The molecule has 1 aliphatic rings. The number of methoxy groups -OCH3 is 2. The van der Waals surface area contributed by atoms with E-state index in [9.17, 15) is 0 Å². The van der Waals surface area contributed by atoms with Crippen LogP contribution in [0, 0.1) is 0 Å². The number of nitrogens with one attached hydrogen (secondary N) is 1. The summed E-state index contributed by atoms with van der Waals surface area (Å²) in [5, 5.41) is 3.29. The van der Waals surface area contributed by atoms with Gasteiger partial charge in [0.05, 0.1) is 20.3 Å². The molecule has 2 rings (SSSR count). The fourth-order valence-corrected chi connectivity index (χ4v) is 1.81. The quantitative estimate of drug-likeness (QED) is 0.846. The third-order valence-corrected chi connectivity index (χ3v) is 2.67. The molecule has 0 radical (unpaired) electrons. The van der Waals surface area contributed by atoms with Crippen LogP contribution < -0.4 is 14.8 Å². The van der Waals surface area contributed by atoms with Crippen molar-refractivity contribution in [2.45, 2.75) is 19.3 Å². The van der Waals surface area contributed by atoms with Gasteiger partial charge in [0.25, 0.3) is 0 Å². The fourth-order valence-electron chi connectivity index (χ4n) is 1.81. The molecule has 0 saturated carbocycles. The van der Waals surface area contributed by atoms with E-state index in [2.05, 4.69) is 5.32 Å². The number of hydrogen-bond acceptors (Lipinski definition) is 4. The maximum absolute atomic E-state index is 5.71. The van der Waals surface area contributed by atoms with Gasteiger partial charge < -0.3 is 14.2 Å². The third kappa shape index (κ3) is 2.13. The van der Waals surface area contributed by atoms with Gasteiger partial charge >= 0.3 is 0 Å². The highest BCUT2D eigenvalue weighted by Gasteiger charge is 2.23. The number of rotatable bonds is 3. The number of ether oxygens (including phenoxy) is 3. The molecule has 0 spiro atoms. The smallest absolute Gasteiger partial charge is 0.161 e. The first kappa shape index (κ1) is 11.2. The van der Waals surface area contributed by atoms with Gasteiger partial charge in [-0.2, -0.15) is 0 Å². The molecule has 1 N–H and O–H groups in total. The summed E-state index contributed by atoms with van der Waals surface area (Å²) in [6.45, 7) is 2.92. The Hall–Kier alpha value is -1.26. The summed E-state index contributed by atoms with van der Waals surface area (Å²) in [5.74, 6) is 1.46. The van der Waals surface area contributed by atoms with E-state index in [1.165, 1.54) is 0 Å². The molecule has 1 saturated heterocycles. The lowest BCUT2D eigenvalue weighted by atomic mass is 10.2. The van der Waals surface area contributed by atoms with Crippen molar-refractivity contribution < 1.29 is 14.2 Å². The second-order valence-electron chi connectivity index (χ2n) is 3.85. The van der Waals surface area contributed by atoms with Crippen LogP contribution >= 0.6 is 0 Å². The van der Waals surface area contributed by atoms with Crippen molar-refractivity contribution in [1.29, 1.82) is 0 Å². The van der Waals surface area contributed by atoms with E-state index >= 15 is 0 Å². The lowest BCUT2D eigenvalue weighted by molar-refractivity contribution is 0.0509. The minimum Gasteiger partial charge on any atom is -0.493 e. The summed E-state index contributed by atoms with van der Waals surface area (Å²) >= 11 is 0. The van der Waals surface area contributed by atoms with Crippen LogP contribution in [0.1, 0.15) is 18.7 Å². The summed E-state index contributed by atoms with van der Waals surface area (Å²) in [6, 6.07) is 5.81. The number of hydrogen-bond donors (Lipinski definition) is 1. The van der Waals surface area contributed by atoms with Crippen LogP contribution in [0.5, 0.6) is 11.5 Å². The van der Waals surface area contributed by atoms with Crippen LogP contribution in [0.4, 0.5) is 0 Å². The summed E-state index contributed by atoms with van der Waals surface area (Å²) in [7, 11) is 3.26. The second kappa shape index (κ2) is 4.72. The Kier molecular flexibility index (Phi) is 3.31. The molecule has 1 aromatic carbocycles. The van der Waals surface area contributed by atoms with Gasteiger partial charge in [-0.3, -0.25) is 5.32 Å². The van der Waals surface area contributed by atoms with Gasteiger partial charge in [-0.15, -0.1) is 0 Å². The van der Waals surface area contributed by atoms with Crippen LogP contribution in [0.15, 0.2) is 18.2 Å². The average molecular weight is 223 g/mol. The van der Waals surface area contributed by atoms with Crippen molar-refractivity contribution in [2.75, 3.05) is 20.8 Å². The third-order valence-electron chi connectivity index (χ3n) is 2.67. The monoisotopic (exact) mass is 223 g/mol. The molecule has 1 aliphatic heterocycles. The summed E-state index contributed by atoms with van der Waals surface area (Å²) in [6.07, 6.45) is 0.202. The number of benzene rings is 1. The molecule has 2 unspecified atom stereocenters. The first-order valence-electron chi connectivity index (χ1n) is 5.35. The standard InChI is InChI=1S/C12H17NO3/c1-8-7-13-12(16-8)9-4-5-10(14-2)11(6-9)15-3/h4-6,8,12-13H,7H2,1-3H3. The molecule has 4 heteroatoms. The van der Waals surface area contributed by atoms with Crippen LogP contribution in [-0.4, -0.2) is 26.9 Å². The van der Waals surface area contributed by atoms with Crippen LogP contribution in [0.2, 0.25) is 0 Å². The van der Waals surface area contributed by atoms with Gasteiger partial charge in [-0.05, 0) is 24.6 Å². The predicted molar refractivity (Wildman–Crippen MR) is 60.8 cm³/mol. The van der Waals surface area contributed by atoms with Gasteiger partial charge in [-0.1, -0.05) is 6.07 Å². The summed E-state index contributed by atoms with van der Waals surface area (Å²) < 4.78 is 16.2. The molecular formula is C12H17NO3. The Labute approximate surface area is 95.5 Å². The molecule has 1 aromatic rings. The van der Waals surface area contributed by atoms with Crippen molar-refractivity contribution in [3.8, 4) is 11.5 Å². The van der Waals surface area contributed by atoms with E-state index in [-0.39, 0.29) is 12.3 Å². The van der Waals surface area contributed by atoms with Crippen LogP contribution in [-0.2, 0) is 4.74 Å². The lowest BCUT2D eigenvalue weighted by Crippen LogP contribution is -2.14. The van der Waals surface area contributed by atoms with Gasteiger partial charge in [0.1, 0.15) is 6.23 Å². The first-order valence-corrected chi connectivity index (χ1v) is 5.35. The summed E-state index contributed by atoms with van der Waals surface area (Å²) in [5.41, 5.74) is 1.06. The molecule has 1 fully saturated rings. The molecule has 0 aromatic heterocycles. The molecule has 1 heterocycles. The van der Waals surface area contributed by atoms with Crippen molar-refractivity contribution in [3.63, 3.8) is 0 Å². The maximum atomic E-state index is 5.71. The van der Waals surface area contributed by atoms with E-state index in [4.69, 9.17) is 14.2 Å². The molecule has 4 nitrogen and oxygen atoms in total. The van der Waals surface area contributed by atoms with Gasteiger partial charge in [0.2, 0.25) is 0 Å². The average Bonchev–Trinajstić information content (AvgIpc) is 2.75. The fraction of sp³-hybridized carbons (Fsp3) is 0.500. The Balaban J connectivity index is 2.22. The summed E-state index contributed by atoms with van der Waals surface area (Å²) in [4.78, 5) is 0. The molecule has 88 valence electrons. The Morgan fingerprint density at radius 2 is 2.00 bits per heavy atom. The first-order chi connectivity index (χ1) is 7.74. The van der Waals surface area contributed by atoms with Crippen molar-refractivity contribution in [1.82, 2.24) is 5.32 Å². The van der Waals surface area contributed by atoms with E-state index < -0.39 is 0 Å². The predicted octanol–water partition coefficient (Wildman–Crippen LogP) is 1.71. The molecule has 0 amide bonds. The van der Waals surface area contributed by atoms with Crippen molar-refractivity contribution >= 4 is 0 Å². The highest BCUT2D eigenvalue weighted by Crippen LogP contribution is 2.31. The van der Waals surface area contributed by atoms with Gasteiger partial charge in [0, 0.05) is 6.54 Å². The van der Waals surface area contributed by atoms with Crippen molar-refractivity contribution in [3.05, 3.63) is 23.8 Å². The zero-order chi connectivity index (χ0) is 11.5. The molecule has 16 heavy (non-hydrogen) atoms. The minimum atomic E-state index is -0.0465. The SMILES string of the molecule is COc1ccc(C2NCC(C)O2)cc1OC. The van der Waals surface area contributed by atoms with E-state index in [1.54, 1.807) is 14.2 Å². The van der Waals surface area contributed by atoms with Crippen LogP contribution in [0.25, 0.3) is 0 Å². The molecular weight excluding hydrogens is 206 g/mol. The Morgan fingerprint density at radius 3 is 2.56 bits per heavy atom. The zero-order valence-corrected chi connectivity index (χ0v) is 9.82.